The summed E-state index contributed by atoms with van der Waals surface area (Å²) >= 11 is 5.56. The van der Waals surface area contributed by atoms with Gasteiger partial charge < -0.3 is 10.6 Å². The van der Waals surface area contributed by atoms with E-state index in [-0.39, 0.29) is 5.91 Å². The molecule has 0 fully saturated rings. The molecule has 6 heteroatoms. The van der Waals surface area contributed by atoms with Crippen molar-refractivity contribution in [2.45, 2.75) is 13.3 Å². The van der Waals surface area contributed by atoms with Crippen LogP contribution < -0.4 is 10.6 Å². The van der Waals surface area contributed by atoms with Crippen molar-refractivity contribution in [3.8, 4) is 0 Å². The highest BCUT2D eigenvalue weighted by Gasteiger charge is 2.14. The minimum Gasteiger partial charge on any atom is -0.369 e. The Hall–Kier alpha value is -1.15. The second-order valence-corrected chi connectivity index (χ2v) is 6.49. The molecule has 0 unspecified atom stereocenters. The summed E-state index contributed by atoms with van der Waals surface area (Å²) in [7, 11) is 0. The molecule has 1 heterocycles. The van der Waals surface area contributed by atoms with Crippen LogP contribution in [0.2, 0.25) is 0 Å². The number of benzene rings is 1. The lowest BCUT2D eigenvalue weighted by atomic mass is 10.2. The van der Waals surface area contributed by atoms with E-state index in [4.69, 9.17) is 0 Å². The van der Waals surface area contributed by atoms with Crippen molar-refractivity contribution < 1.29 is 4.79 Å². The van der Waals surface area contributed by atoms with Gasteiger partial charge in [-0.2, -0.15) is 0 Å². The molecule has 0 aliphatic heterocycles. The van der Waals surface area contributed by atoms with Crippen molar-refractivity contribution in [3.05, 3.63) is 50.1 Å². The molecule has 2 N–H and O–H groups in total. The second-order valence-electron chi connectivity index (χ2n) is 4.41. The van der Waals surface area contributed by atoms with Gasteiger partial charge in [-0.1, -0.05) is 19.1 Å². The molecule has 2 rings (SSSR count). The van der Waals surface area contributed by atoms with Gasteiger partial charge in [0.1, 0.15) is 5.82 Å². The van der Waals surface area contributed by atoms with Gasteiger partial charge in [-0.3, -0.25) is 4.79 Å². The van der Waals surface area contributed by atoms with E-state index in [9.17, 15) is 4.79 Å². The molecule has 4 nitrogen and oxygen atoms in total. The molecule has 1 aromatic carbocycles. The van der Waals surface area contributed by atoms with Crippen molar-refractivity contribution in [3.63, 3.8) is 0 Å². The summed E-state index contributed by atoms with van der Waals surface area (Å²) in [6, 6.07) is 9.44. The largest absolute Gasteiger partial charge is 0.369 e. The van der Waals surface area contributed by atoms with E-state index in [0.717, 1.165) is 26.7 Å². The fourth-order valence-corrected chi connectivity index (χ4v) is 2.60. The molecule has 1 amide bonds. The van der Waals surface area contributed by atoms with Crippen molar-refractivity contribution in [2.75, 3.05) is 17.2 Å². The van der Waals surface area contributed by atoms with Crippen molar-refractivity contribution in [2.24, 2.45) is 0 Å². The number of hydrogen-bond acceptors (Lipinski definition) is 3. The fourth-order valence-electron chi connectivity index (χ4n) is 1.75. The number of carbonyl (C=O) groups is 1. The maximum atomic E-state index is 12.5. The standard InChI is InChI=1S/C15H15BrIN3O/c1-2-7-18-14-11(8-10(16)9-19-14)15(21)20-13-6-4-3-5-12(13)17/h3-6,8-9H,2,7H2,1H3,(H,18,19)(H,20,21). The maximum Gasteiger partial charge on any atom is 0.259 e. The zero-order valence-corrected chi connectivity index (χ0v) is 15.2. The minimum absolute atomic E-state index is 0.175. The average Bonchev–Trinajstić information content (AvgIpc) is 2.48. The number of carbonyl (C=O) groups excluding carboxylic acids is 1. The topological polar surface area (TPSA) is 54.0 Å². The molecule has 0 saturated heterocycles. The first-order valence-electron chi connectivity index (χ1n) is 6.57. The van der Waals surface area contributed by atoms with Crippen LogP contribution in [0.3, 0.4) is 0 Å². The Morgan fingerprint density at radius 3 is 2.86 bits per heavy atom. The van der Waals surface area contributed by atoms with Crippen LogP contribution in [0, 0.1) is 3.57 Å². The number of halogens is 2. The Kier molecular flexibility index (Phi) is 5.98. The molecule has 0 aliphatic carbocycles. The smallest absolute Gasteiger partial charge is 0.259 e. The Morgan fingerprint density at radius 1 is 1.38 bits per heavy atom. The number of anilines is 2. The highest BCUT2D eigenvalue weighted by molar-refractivity contribution is 14.1. The zero-order chi connectivity index (χ0) is 15.2. The molecule has 0 bridgehead atoms. The number of rotatable bonds is 5. The molecular formula is C15H15BrIN3O. The van der Waals surface area contributed by atoms with Gasteiger partial charge in [0.2, 0.25) is 0 Å². The van der Waals surface area contributed by atoms with E-state index >= 15 is 0 Å². The SMILES string of the molecule is CCCNc1ncc(Br)cc1C(=O)Nc1ccccc1I. The summed E-state index contributed by atoms with van der Waals surface area (Å²) in [4.78, 5) is 16.8. The first-order chi connectivity index (χ1) is 10.1. The van der Waals surface area contributed by atoms with Crippen LogP contribution in [-0.4, -0.2) is 17.4 Å². The van der Waals surface area contributed by atoms with Gasteiger partial charge in [0.15, 0.2) is 0 Å². The second kappa shape index (κ2) is 7.74. The lowest BCUT2D eigenvalue weighted by molar-refractivity contribution is 0.102. The summed E-state index contributed by atoms with van der Waals surface area (Å²) in [5, 5.41) is 6.10. The number of nitrogens with zero attached hydrogens (tertiary/aromatic N) is 1. The third-order valence-electron chi connectivity index (χ3n) is 2.76. The summed E-state index contributed by atoms with van der Waals surface area (Å²) in [5.41, 5.74) is 1.32. The molecule has 2 aromatic rings. The van der Waals surface area contributed by atoms with Gasteiger partial charge in [0.05, 0.1) is 11.3 Å². The minimum atomic E-state index is -0.175. The molecule has 110 valence electrons. The summed E-state index contributed by atoms with van der Waals surface area (Å²) < 4.78 is 1.77. The molecule has 0 spiro atoms. The van der Waals surface area contributed by atoms with Crippen LogP contribution in [0.4, 0.5) is 11.5 Å². The fraction of sp³-hybridized carbons (Fsp3) is 0.200. The number of hydrogen-bond donors (Lipinski definition) is 2. The monoisotopic (exact) mass is 459 g/mol. The highest BCUT2D eigenvalue weighted by Crippen LogP contribution is 2.22. The molecule has 0 radical (unpaired) electrons. The normalized spacial score (nSPS) is 10.2. The third kappa shape index (κ3) is 4.41. The van der Waals surface area contributed by atoms with Crippen LogP contribution >= 0.6 is 38.5 Å². The predicted molar refractivity (Wildman–Crippen MR) is 97.8 cm³/mol. The zero-order valence-electron chi connectivity index (χ0n) is 11.5. The number of pyridine rings is 1. The van der Waals surface area contributed by atoms with E-state index in [1.807, 2.05) is 24.3 Å². The summed E-state index contributed by atoms with van der Waals surface area (Å²) in [5.74, 6) is 0.426. The van der Waals surface area contributed by atoms with E-state index in [0.29, 0.717) is 11.4 Å². The van der Waals surface area contributed by atoms with Crippen LogP contribution in [-0.2, 0) is 0 Å². The number of aromatic nitrogens is 1. The van der Waals surface area contributed by atoms with E-state index in [2.05, 4.69) is 61.1 Å². The van der Waals surface area contributed by atoms with Crippen LogP contribution in [0.1, 0.15) is 23.7 Å². The van der Waals surface area contributed by atoms with Crippen LogP contribution in [0.15, 0.2) is 41.0 Å². The quantitative estimate of drug-likeness (QED) is 0.646. The molecule has 0 saturated carbocycles. The highest BCUT2D eigenvalue weighted by atomic mass is 127. The van der Waals surface area contributed by atoms with Gasteiger partial charge in [-0.05, 0) is 63.1 Å². The van der Waals surface area contributed by atoms with E-state index in [1.54, 1.807) is 12.3 Å². The van der Waals surface area contributed by atoms with Crippen LogP contribution in [0.5, 0.6) is 0 Å². The van der Waals surface area contributed by atoms with Crippen molar-refractivity contribution in [1.82, 2.24) is 4.98 Å². The molecule has 1 aromatic heterocycles. The average molecular weight is 460 g/mol. The van der Waals surface area contributed by atoms with Crippen molar-refractivity contribution >= 4 is 55.9 Å². The number of para-hydroxylation sites is 1. The molecule has 0 aliphatic rings. The van der Waals surface area contributed by atoms with E-state index in [1.165, 1.54) is 0 Å². The van der Waals surface area contributed by atoms with Gasteiger partial charge in [-0.15, -0.1) is 0 Å². The lowest BCUT2D eigenvalue weighted by Crippen LogP contribution is -2.16. The molecular weight excluding hydrogens is 445 g/mol. The number of nitrogens with one attached hydrogen (secondary N) is 2. The van der Waals surface area contributed by atoms with Gasteiger partial charge in [0.25, 0.3) is 5.91 Å². The van der Waals surface area contributed by atoms with Crippen molar-refractivity contribution in [1.29, 1.82) is 0 Å². The third-order valence-corrected chi connectivity index (χ3v) is 4.14. The van der Waals surface area contributed by atoms with Gasteiger partial charge in [-0.25, -0.2) is 4.98 Å². The number of amides is 1. The molecule has 21 heavy (non-hydrogen) atoms. The summed E-state index contributed by atoms with van der Waals surface area (Å²) in [6.45, 7) is 2.84. The Labute approximate surface area is 146 Å². The van der Waals surface area contributed by atoms with Gasteiger partial charge in [0, 0.05) is 20.8 Å². The molecule has 0 atom stereocenters. The Bertz CT molecular complexity index is 649. The Morgan fingerprint density at radius 2 is 2.14 bits per heavy atom. The lowest BCUT2D eigenvalue weighted by Gasteiger charge is -2.12. The predicted octanol–water partition coefficient (Wildman–Crippen LogP) is 4.52. The van der Waals surface area contributed by atoms with Crippen LogP contribution in [0.25, 0.3) is 0 Å². The Balaban J connectivity index is 2.25. The van der Waals surface area contributed by atoms with Gasteiger partial charge >= 0.3 is 0 Å². The van der Waals surface area contributed by atoms with E-state index < -0.39 is 0 Å². The summed E-state index contributed by atoms with van der Waals surface area (Å²) in [6.07, 6.45) is 2.65. The first kappa shape index (κ1) is 16.2. The first-order valence-corrected chi connectivity index (χ1v) is 8.44. The maximum absolute atomic E-state index is 12.5.